The summed E-state index contributed by atoms with van der Waals surface area (Å²) in [7, 11) is 5.58. The van der Waals surface area contributed by atoms with Crippen molar-refractivity contribution in [1.82, 2.24) is 4.90 Å². The fourth-order valence-corrected chi connectivity index (χ4v) is 3.79. The van der Waals surface area contributed by atoms with Crippen molar-refractivity contribution in [1.29, 1.82) is 0 Å². The molecule has 6 nitrogen and oxygen atoms in total. The van der Waals surface area contributed by atoms with Crippen LogP contribution in [0.4, 0.5) is 11.4 Å². The first-order valence-corrected chi connectivity index (χ1v) is 11.0. The molecule has 1 saturated carbocycles. The lowest BCUT2D eigenvalue weighted by Gasteiger charge is -2.27. The topological polar surface area (TPSA) is 61.9 Å². The zero-order valence-corrected chi connectivity index (χ0v) is 19.0. The van der Waals surface area contributed by atoms with Crippen molar-refractivity contribution in [3.63, 3.8) is 0 Å². The molecule has 2 aromatic rings. The predicted molar refractivity (Wildman–Crippen MR) is 125 cm³/mol. The van der Waals surface area contributed by atoms with Gasteiger partial charge < -0.3 is 19.9 Å². The summed E-state index contributed by atoms with van der Waals surface area (Å²) in [6.07, 6.45) is 3.92. The van der Waals surface area contributed by atoms with Crippen molar-refractivity contribution in [3.8, 4) is 5.75 Å². The first-order valence-electron chi connectivity index (χ1n) is 11.0. The molecule has 31 heavy (non-hydrogen) atoms. The third-order valence-electron chi connectivity index (χ3n) is 5.78. The Bertz CT molecular complexity index is 905. The Morgan fingerprint density at radius 1 is 1.10 bits per heavy atom. The molecule has 1 N–H and O–H groups in total. The number of ether oxygens (including phenoxy) is 1. The number of hydrogen-bond acceptors (Lipinski definition) is 4. The highest BCUT2D eigenvalue weighted by Crippen LogP contribution is 2.29. The normalized spacial score (nSPS) is 13.3. The van der Waals surface area contributed by atoms with E-state index in [0.717, 1.165) is 48.4 Å². The van der Waals surface area contributed by atoms with Gasteiger partial charge in [0.1, 0.15) is 5.75 Å². The summed E-state index contributed by atoms with van der Waals surface area (Å²) in [4.78, 5) is 29.5. The van der Waals surface area contributed by atoms with Crippen molar-refractivity contribution in [2.45, 2.75) is 39.2 Å². The Labute approximate surface area is 185 Å². The molecule has 2 amide bonds. The predicted octanol–water partition coefficient (Wildman–Crippen LogP) is 4.55. The van der Waals surface area contributed by atoms with E-state index in [4.69, 9.17) is 4.74 Å². The van der Waals surface area contributed by atoms with Crippen LogP contribution in [0, 0.1) is 5.92 Å². The molecule has 1 aliphatic carbocycles. The van der Waals surface area contributed by atoms with Crippen LogP contribution in [0.25, 0.3) is 0 Å². The molecule has 6 heteroatoms. The van der Waals surface area contributed by atoms with Gasteiger partial charge in [0.15, 0.2) is 0 Å². The Morgan fingerprint density at radius 3 is 2.35 bits per heavy atom. The lowest BCUT2D eigenvalue weighted by Crippen LogP contribution is -2.32. The largest absolute Gasteiger partial charge is 0.497 e. The average molecular weight is 424 g/mol. The van der Waals surface area contributed by atoms with Crippen LogP contribution >= 0.6 is 0 Å². The lowest BCUT2D eigenvalue weighted by atomic mass is 9.85. The van der Waals surface area contributed by atoms with Crippen LogP contribution in [-0.2, 0) is 11.3 Å². The Hall–Kier alpha value is -3.02. The number of amides is 2. The van der Waals surface area contributed by atoms with E-state index >= 15 is 0 Å². The number of rotatable bonds is 9. The molecule has 166 valence electrons. The molecular formula is C25H33N3O3. The molecule has 1 fully saturated rings. The van der Waals surface area contributed by atoms with Crippen LogP contribution < -0.4 is 15.0 Å². The van der Waals surface area contributed by atoms with Crippen molar-refractivity contribution >= 4 is 23.2 Å². The first-order chi connectivity index (χ1) is 14.9. The number of nitrogens with one attached hydrogen (secondary N) is 1. The van der Waals surface area contributed by atoms with E-state index < -0.39 is 0 Å². The number of hydrogen-bond donors (Lipinski definition) is 1. The van der Waals surface area contributed by atoms with Gasteiger partial charge in [-0.1, -0.05) is 13.3 Å². The zero-order valence-electron chi connectivity index (χ0n) is 19.0. The smallest absolute Gasteiger partial charge is 0.254 e. The van der Waals surface area contributed by atoms with Crippen molar-refractivity contribution < 1.29 is 14.3 Å². The van der Waals surface area contributed by atoms with Gasteiger partial charge in [0.05, 0.1) is 7.11 Å². The van der Waals surface area contributed by atoms with Gasteiger partial charge in [0.25, 0.3) is 5.91 Å². The molecule has 0 atom stereocenters. The molecule has 3 rings (SSSR count). The number of anilines is 2. The second kappa shape index (κ2) is 10.3. The SMILES string of the molecule is CCCN(Cc1cc(NC(=O)C2CCC2)ccc1N(C)C)C(=O)c1ccc(OC)cc1. The summed E-state index contributed by atoms with van der Waals surface area (Å²) in [6, 6.07) is 13.1. The molecule has 0 bridgehead atoms. The summed E-state index contributed by atoms with van der Waals surface area (Å²) < 4.78 is 5.20. The Morgan fingerprint density at radius 2 is 1.81 bits per heavy atom. The summed E-state index contributed by atoms with van der Waals surface area (Å²) in [5, 5.41) is 3.05. The van der Waals surface area contributed by atoms with E-state index in [1.165, 1.54) is 0 Å². The lowest BCUT2D eigenvalue weighted by molar-refractivity contribution is -0.122. The Balaban J connectivity index is 1.83. The third kappa shape index (κ3) is 5.57. The van der Waals surface area contributed by atoms with Gasteiger partial charge in [-0.25, -0.2) is 0 Å². The second-order valence-electron chi connectivity index (χ2n) is 8.31. The maximum absolute atomic E-state index is 13.2. The van der Waals surface area contributed by atoms with E-state index in [1.807, 2.05) is 42.1 Å². The van der Waals surface area contributed by atoms with Crippen molar-refractivity contribution in [2.24, 2.45) is 5.92 Å². The summed E-state index contributed by atoms with van der Waals surface area (Å²) in [5.74, 6) is 0.932. The van der Waals surface area contributed by atoms with Crippen molar-refractivity contribution in [3.05, 3.63) is 53.6 Å². The number of methoxy groups -OCH3 is 1. The van der Waals surface area contributed by atoms with E-state index in [9.17, 15) is 9.59 Å². The minimum atomic E-state index is -0.0156. The van der Waals surface area contributed by atoms with Gasteiger partial charge in [-0.3, -0.25) is 9.59 Å². The number of benzene rings is 2. The second-order valence-corrected chi connectivity index (χ2v) is 8.31. The standard InChI is InChI=1S/C25H33N3O3/c1-5-15-28(25(30)19-9-12-22(31-4)13-10-19)17-20-16-21(11-14-23(20)27(2)3)26-24(29)18-7-6-8-18/h9-14,16,18H,5-8,15,17H2,1-4H3,(H,26,29). The quantitative estimate of drug-likeness (QED) is 0.643. The summed E-state index contributed by atoms with van der Waals surface area (Å²) in [5.41, 5.74) is 3.46. The molecule has 2 aromatic carbocycles. The van der Waals surface area contributed by atoms with Gasteiger partial charge in [-0.15, -0.1) is 0 Å². The number of nitrogens with zero attached hydrogens (tertiary/aromatic N) is 2. The van der Waals surface area contributed by atoms with Crippen LogP contribution in [0.2, 0.25) is 0 Å². The fraction of sp³-hybridized carbons (Fsp3) is 0.440. The third-order valence-corrected chi connectivity index (χ3v) is 5.78. The zero-order chi connectivity index (χ0) is 22.4. The van der Waals surface area contributed by atoms with E-state index in [-0.39, 0.29) is 17.7 Å². The fourth-order valence-electron chi connectivity index (χ4n) is 3.79. The molecule has 0 unspecified atom stereocenters. The van der Waals surface area contributed by atoms with Gasteiger partial charge in [-0.05, 0) is 67.3 Å². The maximum Gasteiger partial charge on any atom is 0.254 e. The Kier molecular flexibility index (Phi) is 7.55. The number of carbonyl (C=O) groups is 2. The molecule has 0 heterocycles. The van der Waals surface area contributed by atoms with Crippen LogP contribution in [0.1, 0.15) is 48.5 Å². The molecule has 0 radical (unpaired) electrons. The first kappa shape index (κ1) is 22.7. The molecule has 0 aliphatic heterocycles. The van der Waals surface area contributed by atoms with Crippen molar-refractivity contribution in [2.75, 3.05) is 38.0 Å². The van der Waals surface area contributed by atoms with E-state index in [2.05, 4.69) is 12.2 Å². The van der Waals surface area contributed by atoms with E-state index in [1.54, 1.807) is 31.4 Å². The van der Waals surface area contributed by atoms with E-state index in [0.29, 0.717) is 18.7 Å². The van der Waals surface area contributed by atoms with Crippen LogP contribution in [0.15, 0.2) is 42.5 Å². The highest BCUT2D eigenvalue weighted by atomic mass is 16.5. The number of carbonyl (C=O) groups excluding carboxylic acids is 2. The summed E-state index contributed by atoms with van der Waals surface area (Å²) in [6.45, 7) is 3.19. The van der Waals surface area contributed by atoms with Gasteiger partial charge in [-0.2, -0.15) is 0 Å². The monoisotopic (exact) mass is 423 g/mol. The molecular weight excluding hydrogens is 390 g/mol. The maximum atomic E-state index is 13.2. The van der Waals surface area contributed by atoms with Crippen LogP contribution in [0.5, 0.6) is 5.75 Å². The molecule has 1 aliphatic rings. The average Bonchev–Trinajstić information content (AvgIpc) is 2.71. The highest BCUT2D eigenvalue weighted by Gasteiger charge is 2.25. The summed E-state index contributed by atoms with van der Waals surface area (Å²) >= 11 is 0. The minimum absolute atomic E-state index is 0.0156. The van der Waals surface area contributed by atoms with Gasteiger partial charge >= 0.3 is 0 Å². The molecule has 0 aromatic heterocycles. The molecule has 0 saturated heterocycles. The van der Waals surface area contributed by atoms with Crippen LogP contribution in [0.3, 0.4) is 0 Å². The minimum Gasteiger partial charge on any atom is -0.497 e. The highest BCUT2D eigenvalue weighted by molar-refractivity contribution is 5.95. The molecule has 0 spiro atoms. The van der Waals surface area contributed by atoms with Gasteiger partial charge in [0, 0.05) is 50.0 Å². The van der Waals surface area contributed by atoms with Gasteiger partial charge in [0.2, 0.25) is 5.91 Å². The van der Waals surface area contributed by atoms with Crippen LogP contribution in [-0.4, -0.2) is 44.5 Å².